The fourth-order valence-corrected chi connectivity index (χ4v) is 4.51. The maximum atomic E-state index is 12.6. The maximum Gasteiger partial charge on any atom is 0.279 e. The summed E-state index contributed by atoms with van der Waals surface area (Å²) < 4.78 is 0. The standard InChI is InChI=1S/C17H21N3O5/c1-9-14(7-13(19(22)23)8-16(9)20(24)25)17(21)18-10(2)15-6-11-3-4-12(15)5-11/h7-8,10-12,15H,3-6H2,1-2H3,(H,18,21). The van der Waals surface area contributed by atoms with Crippen LogP contribution in [0.15, 0.2) is 12.1 Å². The molecule has 8 nitrogen and oxygen atoms in total. The summed E-state index contributed by atoms with van der Waals surface area (Å²) in [5.74, 6) is 1.30. The highest BCUT2D eigenvalue weighted by atomic mass is 16.6. The largest absolute Gasteiger partial charge is 0.349 e. The van der Waals surface area contributed by atoms with Crippen LogP contribution in [0.3, 0.4) is 0 Å². The first kappa shape index (κ1) is 17.3. The van der Waals surface area contributed by atoms with Crippen molar-refractivity contribution in [2.75, 3.05) is 0 Å². The number of nitrogens with zero attached hydrogens (tertiary/aromatic N) is 2. The SMILES string of the molecule is Cc1c(C(=O)NC(C)C2CC3CCC2C3)cc([N+](=O)[O-])cc1[N+](=O)[O-]. The van der Waals surface area contributed by atoms with Crippen LogP contribution in [-0.4, -0.2) is 21.8 Å². The molecule has 8 heteroatoms. The van der Waals surface area contributed by atoms with Crippen LogP contribution < -0.4 is 5.32 Å². The van der Waals surface area contributed by atoms with Crippen molar-refractivity contribution in [1.29, 1.82) is 0 Å². The second kappa shape index (κ2) is 6.42. The van der Waals surface area contributed by atoms with Crippen LogP contribution in [0.1, 0.15) is 48.5 Å². The Balaban J connectivity index is 1.83. The maximum absolute atomic E-state index is 12.6. The van der Waals surface area contributed by atoms with Crippen LogP contribution in [0.5, 0.6) is 0 Å². The van der Waals surface area contributed by atoms with E-state index in [1.165, 1.54) is 26.2 Å². The van der Waals surface area contributed by atoms with Gasteiger partial charge in [-0.2, -0.15) is 0 Å². The molecule has 1 aromatic carbocycles. The molecule has 0 aliphatic heterocycles. The summed E-state index contributed by atoms with van der Waals surface area (Å²) >= 11 is 0. The van der Waals surface area contributed by atoms with Gasteiger partial charge in [0, 0.05) is 17.7 Å². The lowest BCUT2D eigenvalue weighted by molar-refractivity contribution is -0.394. The quantitative estimate of drug-likeness (QED) is 0.647. The number of nitro groups is 2. The average molecular weight is 347 g/mol. The highest BCUT2D eigenvalue weighted by Crippen LogP contribution is 2.49. The van der Waals surface area contributed by atoms with Crippen molar-refractivity contribution in [3.8, 4) is 0 Å². The number of amides is 1. The number of nitro benzene ring substituents is 2. The van der Waals surface area contributed by atoms with Crippen LogP contribution in [0.4, 0.5) is 11.4 Å². The van der Waals surface area contributed by atoms with Gasteiger partial charge < -0.3 is 5.32 Å². The van der Waals surface area contributed by atoms with E-state index in [0.717, 1.165) is 24.5 Å². The van der Waals surface area contributed by atoms with Crippen LogP contribution in [-0.2, 0) is 0 Å². The van der Waals surface area contributed by atoms with E-state index in [0.29, 0.717) is 11.8 Å². The minimum atomic E-state index is -0.720. The lowest BCUT2D eigenvalue weighted by atomic mass is 9.84. The third kappa shape index (κ3) is 3.20. The topological polar surface area (TPSA) is 115 Å². The molecule has 0 spiro atoms. The van der Waals surface area contributed by atoms with Crippen molar-refractivity contribution in [2.24, 2.45) is 17.8 Å². The van der Waals surface area contributed by atoms with Gasteiger partial charge in [-0.05, 0) is 50.9 Å². The number of non-ortho nitro benzene ring substituents is 1. The molecule has 134 valence electrons. The van der Waals surface area contributed by atoms with Crippen LogP contribution in [0.2, 0.25) is 0 Å². The van der Waals surface area contributed by atoms with Gasteiger partial charge in [-0.1, -0.05) is 6.42 Å². The Morgan fingerprint density at radius 3 is 2.44 bits per heavy atom. The van der Waals surface area contributed by atoms with Crippen molar-refractivity contribution >= 4 is 17.3 Å². The van der Waals surface area contributed by atoms with Crippen LogP contribution >= 0.6 is 0 Å². The minimum Gasteiger partial charge on any atom is -0.349 e. The molecule has 0 radical (unpaired) electrons. The van der Waals surface area contributed by atoms with Crippen molar-refractivity contribution in [3.63, 3.8) is 0 Å². The summed E-state index contributed by atoms with van der Waals surface area (Å²) in [6.45, 7) is 3.39. The Bertz CT molecular complexity index is 748. The van der Waals surface area contributed by atoms with Gasteiger partial charge >= 0.3 is 0 Å². The zero-order valence-corrected chi connectivity index (χ0v) is 14.2. The molecule has 2 saturated carbocycles. The molecule has 0 heterocycles. The van der Waals surface area contributed by atoms with E-state index in [2.05, 4.69) is 5.32 Å². The number of carbonyl (C=O) groups excluding carboxylic acids is 1. The lowest BCUT2D eigenvalue weighted by Crippen LogP contribution is -2.40. The third-order valence-electron chi connectivity index (χ3n) is 5.81. The number of hydrogen-bond acceptors (Lipinski definition) is 5. The molecule has 2 aliphatic carbocycles. The van der Waals surface area contributed by atoms with E-state index in [1.54, 1.807) is 0 Å². The number of fused-ring (bicyclic) bond motifs is 2. The Hall–Kier alpha value is -2.51. The third-order valence-corrected chi connectivity index (χ3v) is 5.81. The summed E-state index contributed by atoms with van der Waals surface area (Å²) in [4.78, 5) is 33.4. The molecule has 2 bridgehead atoms. The molecular weight excluding hydrogens is 326 g/mol. The Morgan fingerprint density at radius 2 is 1.92 bits per heavy atom. The first-order chi connectivity index (χ1) is 11.8. The van der Waals surface area contributed by atoms with E-state index < -0.39 is 27.1 Å². The number of carbonyl (C=O) groups is 1. The van der Waals surface area contributed by atoms with E-state index in [9.17, 15) is 25.0 Å². The fraction of sp³-hybridized carbons (Fsp3) is 0.588. The van der Waals surface area contributed by atoms with Gasteiger partial charge in [0.25, 0.3) is 17.3 Å². The van der Waals surface area contributed by atoms with Crippen LogP contribution in [0.25, 0.3) is 0 Å². The summed E-state index contributed by atoms with van der Waals surface area (Å²) in [5, 5.41) is 25.1. The van der Waals surface area contributed by atoms with E-state index >= 15 is 0 Å². The predicted molar refractivity (Wildman–Crippen MR) is 90.4 cm³/mol. The highest BCUT2D eigenvalue weighted by Gasteiger charge is 2.42. The van der Waals surface area contributed by atoms with Gasteiger partial charge in [0.15, 0.2) is 0 Å². The highest BCUT2D eigenvalue weighted by molar-refractivity contribution is 5.97. The normalized spacial score (nSPS) is 25.6. The summed E-state index contributed by atoms with van der Waals surface area (Å²) in [5.41, 5.74) is -0.717. The number of nitrogens with one attached hydrogen (secondary N) is 1. The first-order valence-corrected chi connectivity index (χ1v) is 8.52. The van der Waals surface area contributed by atoms with Gasteiger partial charge in [-0.3, -0.25) is 25.0 Å². The monoisotopic (exact) mass is 347 g/mol. The zero-order valence-electron chi connectivity index (χ0n) is 14.2. The van der Waals surface area contributed by atoms with Gasteiger partial charge in [-0.25, -0.2) is 0 Å². The smallest absolute Gasteiger partial charge is 0.279 e. The number of benzene rings is 1. The molecule has 0 aromatic heterocycles. The van der Waals surface area contributed by atoms with Gasteiger partial charge in [0.05, 0.1) is 21.5 Å². The van der Waals surface area contributed by atoms with Crippen molar-refractivity contribution in [2.45, 2.75) is 45.6 Å². The molecule has 0 saturated heterocycles. The minimum absolute atomic E-state index is 0.00379. The second-order valence-electron chi connectivity index (χ2n) is 7.25. The van der Waals surface area contributed by atoms with Gasteiger partial charge in [-0.15, -0.1) is 0 Å². The Labute approximate surface area is 144 Å². The summed E-state index contributed by atoms with van der Waals surface area (Å²) in [7, 11) is 0. The molecule has 1 amide bonds. The number of rotatable bonds is 5. The molecule has 4 atom stereocenters. The molecule has 1 aromatic rings. The molecule has 3 rings (SSSR count). The van der Waals surface area contributed by atoms with Crippen molar-refractivity contribution in [1.82, 2.24) is 5.32 Å². The fourth-order valence-electron chi connectivity index (χ4n) is 4.51. The van der Waals surface area contributed by atoms with E-state index in [1.807, 2.05) is 6.92 Å². The summed E-state index contributed by atoms with van der Waals surface area (Å²) in [6, 6.07) is 1.96. The average Bonchev–Trinajstić information content (AvgIpc) is 3.17. The Kier molecular flexibility index (Phi) is 4.45. The lowest BCUT2D eigenvalue weighted by Gasteiger charge is -2.28. The van der Waals surface area contributed by atoms with Crippen molar-refractivity contribution in [3.05, 3.63) is 43.5 Å². The molecule has 1 N–H and O–H groups in total. The molecule has 2 fully saturated rings. The molecular formula is C17H21N3O5. The van der Waals surface area contributed by atoms with Gasteiger partial charge in [0.1, 0.15) is 0 Å². The molecule has 25 heavy (non-hydrogen) atoms. The van der Waals surface area contributed by atoms with E-state index in [4.69, 9.17) is 0 Å². The van der Waals surface area contributed by atoms with Gasteiger partial charge in [0.2, 0.25) is 0 Å². The second-order valence-corrected chi connectivity index (χ2v) is 7.25. The number of hydrogen-bond donors (Lipinski definition) is 1. The van der Waals surface area contributed by atoms with Crippen molar-refractivity contribution < 1.29 is 14.6 Å². The predicted octanol–water partition coefficient (Wildman–Crippen LogP) is 3.37. The zero-order chi connectivity index (χ0) is 18.3. The Morgan fingerprint density at radius 1 is 1.20 bits per heavy atom. The van der Waals surface area contributed by atoms with E-state index in [-0.39, 0.29) is 17.2 Å². The molecule has 2 aliphatic rings. The summed E-state index contributed by atoms with van der Waals surface area (Å²) in [6.07, 6.45) is 4.77. The van der Waals surface area contributed by atoms with Crippen LogP contribution in [0, 0.1) is 44.9 Å². The molecule has 4 unspecified atom stereocenters. The first-order valence-electron chi connectivity index (χ1n) is 8.52.